The summed E-state index contributed by atoms with van der Waals surface area (Å²) in [5.74, 6) is 0.581. The lowest BCUT2D eigenvalue weighted by Crippen LogP contribution is -2.51. The third-order valence-electron chi connectivity index (χ3n) is 3.78. The largest absolute Gasteiger partial charge is 0.484 e. The van der Waals surface area contributed by atoms with Gasteiger partial charge in [0, 0.05) is 26.2 Å². The van der Waals surface area contributed by atoms with Gasteiger partial charge in [-0.15, -0.1) is 11.6 Å². The molecule has 0 N–H and O–H groups in total. The minimum absolute atomic E-state index is 0.0102. The number of hydrogen-bond acceptors (Lipinski definition) is 3. The predicted octanol–water partition coefficient (Wildman–Crippen LogP) is 1.59. The van der Waals surface area contributed by atoms with Gasteiger partial charge in [-0.2, -0.15) is 0 Å². The molecule has 0 bridgehead atoms. The number of benzene rings is 1. The Labute approximate surface area is 135 Å². The molecule has 5 nitrogen and oxygen atoms in total. The summed E-state index contributed by atoms with van der Waals surface area (Å²) < 4.78 is 5.61. The van der Waals surface area contributed by atoms with Crippen LogP contribution in [0.4, 0.5) is 0 Å². The summed E-state index contributed by atoms with van der Waals surface area (Å²) >= 11 is 5.54. The standard InChI is InChI=1S/C16H21ClN2O3/c1-12-3-4-14(13(2)9-12)22-11-16(21)19-7-5-18(6-8-19)15(20)10-17/h3-4,9H,5-8,10-11H2,1-2H3. The van der Waals surface area contributed by atoms with Crippen LogP contribution in [-0.2, 0) is 9.59 Å². The van der Waals surface area contributed by atoms with Crippen LogP contribution in [0.2, 0.25) is 0 Å². The summed E-state index contributed by atoms with van der Waals surface area (Å²) in [6.45, 7) is 6.11. The summed E-state index contributed by atoms with van der Waals surface area (Å²) in [7, 11) is 0. The van der Waals surface area contributed by atoms with Crippen LogP contribution >= 0.6 is 11.6 Å². The molecule has 0 atom stereocenters. The number of carbonyl (C=O) groups is 2. The molecular formula is C16H21ClN2O3. The highest BCUT2D eigenvalue weighted by Crippen LogP contribution is 2.18. The molecule has 6 heteroatoms. The second-order valence-corrected chi connectivity index (χ2v) is 5.72. The normalized spacial score (nSPS) is 14.9. The highest BCUT2D eigenvalue weighted by atomic mass is 35.5. The minimum atomic E-state index is -0.0831. The number of alkyl halides is 1. The van der Waals surface area contributed by atoms with E-state index in [1.165, 1.54) is 0 Å². The molecule has 2 rings (SSSR count). The summed E-state index contributed by atoms with van der Waals surface area (Å²) in [4.78, 5) is 27.1. The fourth-order valence-electron chi connectivity index (χ4n) is 2.48. The number of hydrogen-bond donors (Lipinski definition) is 0. The Morgan fingerprint density at radius 3 is 2.23 bits per heavy atom. The van der Waals surface area contributed by atoms with Gasteiger partial charge in [0.15, 0.2) is 6.61 Å². The average Bonchev–Trinajstić information content (AvgIpc) is 2.53. The molecule has 0 unspecified atom stereocenters. The van der Waals surface area contributed by atoms with Gasteiger partial charge in [-0.1, -0.05) is 17.7 Å². The van der Waals surface area contributed by atoms with Crippen molar-refractivity contribution in [3.05, 3.63) is 29.3 Å². The van der Waals surface area contributed by atoms with Crippen LogP contribution in [0.3, 0.4) is 0 Å². The van der Waals surface area contributed by atoms with Gasteiger partial charge in [-0.3, -0.25) is 9.59 Å². The molecule has 1 aromatic rings. The minimum Gasteiger partial charge on any atom is -0.484 e. The molecule has 0 spiro atoms. The topological polar surface area (TPSA) is 49.9 Å². The third-order valence-corrected chi connectivity index (χ3v) is 4.01. The number of piperazine rings is 1. The van der Waals surface area contributed by atoms with Crippen LogP contribution in [0.15, 0.2) is 18.2 Å². The summed E-state index contributed by atoms with van der Waals surface area (Å²) in [6.07, 6.45) is 0. The van der Waals surface area contributed by atoms with Crippen molar-refractivity contribution in [3.8, 4) is 5.75 Å². The Morgan fingerprint density at radius 2 is 1.68 bits per heavy atom. The molecule has 0 aromatic heterocycles. The van der Waals surface area contributed by atoms with E-state index in [2.05, 4.69) is 0 Å². The number of nitrogens with zero attached hydrogens (tertiary/aromatic N) is 2. The SMILES string of the molecule is Cc1ccc(OCC(=O)N2CCN(C(=O)CCl)CC2)c(C)c1. The molecule has 1 heterocycles. The second-order valence-electron chi connectivity index (χ2n) is 5.45. The van der Waals surface area contributed by atoms with Crippen LogP contribution in [0.5, 0.6) is 5.75 Å². The van der Waals surface area contributed by atoms with Crippen LogP contribution in [-0.4, -0.2) is 60.3 Å². The first-order chi connectivity index (χ1) is 10.5. The van der Waals surface area contributed by atoms with Crippen molar-refractivity contribution < 1.29 is 14.3 Å². The molecule has 22 heavy (non-hydrogen) atoms. The molecule has 0 aliphatic carbocycles. The lowest BCUT2D eigenvalue weighted by atomic mass is 10.1. The maximum absolute atomic E-state index is 12.2. The van der Waals surface area contributed by atoms with Crippen molar-refractivity contribution in [2.75, 3.05) is 38.7 Å². The van der Waals surface area contributed by atoms with Gasteiger partial charge in [-0.25, -0.2) is 0 Å². The Morgan fingerprint density at radius 1 is 1.09 bits per heavy atom. The van der Waals surface area contributed by atoms with E-state index in [4.69, 9.17) is 16.3 Å². The molecule has 0 saturated carbocycles. The maximum atomic E-state index is 12.2. The van der Waals surface area contributed by atoms with Crippen LogP contribution in [0, 0.1) is 13.8 Å². The van der Waals surface area contributed by atoms with E-state index in [1.54, 1.807) is 9.80 Å². The van der Waals surface area contributed by atoms with Gasteiger partial charge in [0.1, 0.15) is 11.6 Å². The quantitative estimate of drug-likeness (QED) is 0.790. The van der Waals surface area contributed by atoms with Crippen molar-refractivity contribution in [2.45, 2.75) is 13.8 Å². The summed E-state index contributed by atoms with van der Waals surface area (Å²) in [5, 5.41) is 0. The predicted molar refractivity (Wildman–Crippen MR) is 85.3 cm³/mol. The first-order valence-corrected chi connectivity index (χ1v) is 7.86. The first kappa shape index (κ1) is 16.6. The fraction of sp³-hybridized carbons (Fsp3) is 0.500. The lowest BCUT2D eigenvalue weighted by Gasteiger charge is -2.34. The van der Waals surface area contributed by atoms with Gasteiger partial charge in [0.25, 0.3) is 5.91 Å². The van der Waals surface area contributed by atoms with Crippen molar-refractivity contribution in [3.63, 3.8) is 0 Å². The smallest absolute Gasteiger partial charge is 0.260 e. The van der Waals surface area contributed by atoms with Crippen LogP contribution in [0.25, 0.3) is 0 Å². The van der Waals surface area contributed by atoms with Crippen molar-refractivity contribution in [1.29, 1.82) is 0 Å². The van der Waals surface area contributed by atoms with E-state index in [9.17, 15) is 9.59 Å². The Hall–Kier alpha value is -1.75. The molecule has 1 aliphatic rings. The van der Waals surface area contributed by atoms with Crippen LogP contribution < -0.4 is 4.74 Å². The molecule has 1 saturated heterocycles. The molecular weight excluding hydrogens is 304 g/mol. The Balaban J connectivity index is 1.82. The van der Waals surface area contributed by atoms with Gasteiger partial charge in [-0.05, 0) is 25.5 Å². The van der Waals surface area contributed by atoms with Crippen molar-refractivity contribution in [2.24, 2.45) is 0 Å². The second kappa shape index (κ2) is 7.49. The zero-order chi connectivity index (χ0) is 16.1. The number of ether oxygens (including phenoxy) is 1. The molecule has 1 aromatic carbocycles. The zero-order valence-electron chi connectivity index (χ0n) is 13.0. The number of rotatable bonds is 4. The van der Waals surface area contributed by atoms with Crippen molar-refractivity contribution in [1.82, 2.24) is 9.80 Å². The van der Waals surface area contributed by atoms with Gasteiger partial charge in [0.2, 0.25) is 5.91 Å². The van der Waals surface area contributed by atoms with E-state index in [0.29, 0.717) is 26.2 Å². The number of halogens is 1. The van der Waals surface area contributed by atoms with E-state index < -0.39 is 0 Å². The first-order valence-electron chi connectivity index (χ1n) is 7.33. The van der Waals surface area contributed by atoms with Gasteiger partial charge in [0.05, 0.1) is 0 Å². The average molecular weight is 325 g/mol. The lowest BCUT2D eigenvalue weighted by molar-refractivity contribution is -0.139. The van der Waals surface area contributed by atoms with E-state index in [0.717, 1.165) is 16.9 Å². The molecule has 2 amide bonds. The number of aryl methyl sites for hydroxylation is 2. The van der Waals surface area contributed by atoms with Gasteiger partial charge < -0.3 is 14.5 Å². The maximum Gasteiger partial charge on any atom is 0.260 e. The zero-order valence-corrected chi connectivity index (χ0v) is 13.7. The van der Waals surface area contributed by atoms with E-state index >= 15 is 0 Å². The fourth-order valence-corrected chi connectivity index (χ4v) is 2.65. The molecule has 120 valence electrons. The highest BCUT2D eigenvalue weighted by Gasteiger charge is 2.23. The van der Waals surface area contributed by atoms with Crippen molar-refractivity contribution >= 4 is 23.4 Å². The number of carbonyl (C=O) groups excluding carboxylic acids is 2. The number of amides is 2. The third kappa shape index (κ3) is 4.13. The van der Waals surface area contributed by atoms with E-state index in [-0.39, 0.29) is 24.3 Å². The summed E-state index contributed by atoms with van der Waals surface area (Å²) in [6, 6.07) is 5.87. The van der Waals surface area contributed by atoms with Gasteiger partial charge >= 0.3 is 0 Å². The highest BCUT2D eigenvalue weighted by molar-refractivity contribution is 6.27. The van der Waals surface area contributed by atoms with E-state index in [1.807, 2.05) is 32.0 Å². The Bertz CT molecular complexity index is 554. The molecule has 1 aliphatic heterocycles. The summed E-state index contributed by atoms with van der Waals surface area (Å²) in [5.41, 5.74) is 2.18. The molecule has 1 fully saturated rings. The Kier molecular flexibility index (Phi) is 5.66. The van der Waals surface area contributed by atoms with Crippen LogP contribution in [0.1, 0.15) is 11.1 Å². The molecule has 0 radical (unpaired) electrons. The monoisotopic (exact) mass is 324 g/mol.